The van der Waals surface area contributed by atoms with Crippen molar-refractivity contribution < 1.29 is 23.1 Å². The van der Waals surface area contributed by atoms with Gasteiger partial charge in [0.05, 0.1) is 35.9 Å². The summed E-state index contributed by atoms with van der Waals surface area (Å²) in [6.07, 6.45) is 0.611. The fourth-order valence-electron chi connectivity index (χ4n) is 5.03. The van der Waals surface area contributed by atoms with Gasteiger partial charge >= 0.3 is 12.2 Å². The van der Waals surface area contributed by atoms with E-state index in [1.807, 2.05) is 18.3 Å². The zero-order chi connectivity index (χ0) is 23.9. The highest BCUT2D eigenvalue weighted by molar-refractivity contribution is 5.89. The molecule has 3 heterocycles. The molecular weight excluding hydrogens is 445 g/mol. The lowest BCUT2D eigenvalue weighted by Gasteiger charge is -2.35. The molecule has 0 spiro atoms. The average Bonchev–Trinajstić information content (AvgIpc) is 3.41. The van der Waals surface area contributed by atoms with Crippen LogP contribution in [0.4, 0.5) is 23.7 Å². The van der Waals surface area contributed by atoms with E-state index in [0.717, 1.165) is 23.4 Å². The average molecular weight is 470 g/mol. The van der Waals surface area contributed by atoms with Crippen molar-refractivity contribution in [2.75, 3.05) is 18.4 Å². The second-order valence-corrected chi connectivity index (χ2v) is 8.92. The lowest BCUT2D eigenvalue weighted by atomic mass is 9.86. The number of likely N-dealkylation sites (tertiary alicyclic amines) is 1. The van der Waals surface area contributed by atoms with Crippen molar-refractivity contribution in [3.05, 3.63) is 72.2 Å². The smallest absolute Gasteiger partial charge is 0.393 e. The number of carbonyl (C=O) groups excluding carboxylic acids is 1. The molecule has 2 unspecified atom stereocenters. The number of fused-ring (bicyclic) bond motifs is 3. The summed E-state index contributed by atoms with van der Waals surface area (Å²) in [5, 5.41) is 13.7. The molecule has 2 atom stereocenters. The van der Waals surface area contributed by atoms with E-state index in [-0.39, 0.29) is 18.0 Å². The molecule has 9 heteroatoms. The quantitative estimate of drug-likeness (QED) is 0.553. The molecule has 5 rings (SSSR count). The van der Waals surface area contributed by atoms with Crippen molar-refractivity contribution in [2.45, 2.75) is 37.6 Å². The summed E-state index contributed by atoms with van der Waals surface area (Å²) in [4.78, 5) is 18.5. The number of aliphatic hydroxyl groups excluding tert-OH is 1. The van der Waals surface area contributed by atoms with E-state index in [9.17, 15) is 23.1 Å². The predicted molar refractivity (Wildman–Crippen MR) is 121 cm³/mol. The van der Waals surface area contributed by atoms with E-state index in [1.165, 1.54) is 17.7 Å². The van der Waals surface area contributed by atoms with Gasteiger partial charge < -0.3 is 19.9 Å². The van der Waals surface area contributed by atoms with Crippen LogP contribution in [0, 0.1) is 5.92 Å². The summed E-state index contributed by atoms with van der Waals surface area (Å²) in [7, 11) is 0. The van der Waals surface area contributed by atoms with Crippen molar-refractivity contribution in [3.63, 3.8) is 0 Å². The molecule has 1 fully saturated rings. The molecular formula is C25H25F3N4O2. The molecule has 2 aliphatic rings. The Morgan fingerprint density at radius 2 is 1.82 bits per heavy atom. The van der Waals surface area contributed by atoms with Crippen LogP contribution in [-0.2, 0) is 6.18 Å². The lowest BCUT2D eigenvalue weighted by molar-refractivity contribution is -0.137. The van der Waals surface area contributed by atoms with Gasteiger partial charge in [0.1, 0.15) is 0 Å². The van der Waals surface area contributed by atoms with Gasteiger partial charge in [-0.05, 0) is 55.0 Å². The Kier molecular flexibility index (Phi) is 5.81. The number of urea groups is 1. The number of imidazole rings is 1. The first-order valence-corrected chi connectivity index (χ1v) is 11.3. The number of alkyl halides is 3. The summed E-state index contributed by atoms with van der Waals surface area (Å²) in [6.45, 7) is 0.956. The maximum absolute atomic E-state index is 12.7. The van der Waals surface area contributed by atoms with E-state index in [1.54, 1.807) is 11.2 Å². The molecule has 2 aromatic carbocycles. The van der Waals surface area contributed by atoms with Crippen LogP contribution in [0.2, 0.25) is 0 Å². The van der Waals surface area contributed by atoms with Gasteiger partial charge in [0.2, 0.25) is 0 Å². The number of hydrogen-bond acceptors (Lipinski definition) is 3. The maximum atomic E-state index is 12.7. The van der Waals surface area contributed by atoms with Crippen molar-refractivity contribution in [1.29, 1.82) is 0 Å². The third-order valence-corrected chi connectivity index (χ3v) is 6.90. The number of nitrogens with one attached hydrogen (secondary N) is 1. The second-order valence-electron chi connectivity index (χ2n) is 8.92. The molecule has 2 amide bonds. The predicted octanol–water partition coefficient (Wildman–Crippen LogP) is 5.17. The lowest BCUT2D eigenvalue weighted by Crippen LogP contribution is -2.43. The van der Waals surface area contributed by atoms with Gasteiger partial charge in [0, 0.05) is 24.3 Å². The molecule has 34 heavy (non-hydrogen) atoms. The Morgan fingerprint density at radius 3 is 2.53 bits per heavy atom. The highest BCUT2D eigenvalue weighted by Crippen LogP contribution is 2.42. The van der Waals surface area contributed by atoms with E-state index in [0.29, 0.717) is 38.0 Å². The van der Waals surface area contributed by atoms with Crippen LogP contribution in [0.1, 0.15) is 36.4 Å². The number of amides is 2. The Balaban J connectivity index is 1.16. The standard InChI is InChI=1S/C25H25F3N4O2/c26-25(27,28)17-5-7-18(8-6-17)30-24(34)31-11-9-16(10-12-31)23(33)13-21-19-3-1-2-4-20(19)22-14-29-15-32(21)22/h1-8,14-16,21,23,33H,9-13H2,(H,30,34). The Bertz CT molecular complexity index is 1170. The van der Waals surface area contributed by atoms with Crippen molar-refractivity contribution in [1.82, 2.24) is 14.5 Å². The van der Waals surface area contributed by atoms with Crippen LogP contribution in [-0.4, -0.2) is 44.8 Å². The molecule has 6 nitrogen and oxygen atoms in total. The van der Waals surface area contributed by atoms with Crippen LogP contribution < -0.4 is 5.32 Å². The minimum absolute atomic E-state index is 0.0321. The largest absolute Gasteiger partial charge is 0.416 e. The molecule has 0 radical (unpaired) electrons. The summed E-state index contributed by atoms with van der Waals surface area (Å²) < 4.78 is 40.2. The van der Waals surface area contributed by atoms with Crippen molar-refractivity contribution >= 4 is 11.7 Å². The van der Waals surface area contributed by atoms with E-state index >= 15 is 0 Å². The summed E-state index contributed by atoms with van der Waals surface area (Å²) in [5.41, 5.74) is 2.95. The first-order valence-electron chi connectivity index (χ1n) is 11.3. The van der Waals surface area contributed by atoms with Crippen LogP contribution in [0.15, 0.2) is 61.1 Å². The SMILES string of the molecule is O=C(Nc1ccc(C(F)(F)F)cc1)N1CCC(C(O)CC2c3ccccc3-c3cncn32)CC1. The zero-order valence-electron chi connectivity index (χ0n) is 18.4. The molecule has 2 N–H and O–H groups in total. The third-order valence-electron chi connectivity index (χ3n) is 6.90. The molecule has 0 saturated carbocycles. The minimum atomic E-state index is -4.41. The topological polar surface area (TPSA) is 70.4 Å². The minimum Gasteiger partial charge on any atom is -0.393 e. The zero-order valence-corrected chi connectivity index (χ0v) is 18.4. The van der Waals surface area contributed by atoms with E-state index < -0.39 is 17.8 Å². The number of halogens is 3. The monoisotopic (exact) mass is 470 g/mol. The van der Waals surface area contributed by atoms with E-state index in [4.69, 9.17) is 0 Å². The first-order chi connectivity index (χ1) is 16.3. The van der Waals surface area contributed by atoms with Gasteiger partial charge in [0.15, 0.2) is 0 Å². The molecule has 0 bridgehead atoms. The Hall–Kier alpha value is -3.33. The number of anilines is 1. The molecule has 2 aliphatic heterocycles. The number of aliphatic hydroxyl groups is 1. The maximum Gasteiger partial charge on any atom is 0.416 e. The van der Waals surface area contributed by atoms with Gasteiger partial charge in [-0.15, -0.1) is 0 Å². The molecule has 3 aromatic rings. The summed E-state index contributed by atoms with van der Waals surface area (Å²) >= 11 is 0. The van der Waals surface area contributed by atoms with Gasteiger partial charge in [-0.2, -0.15) is 13.2 Å². The van der Waals surface area contributed by atoms with E-state index in [2.05, 4.69) is 27.0 Å². The fourth-order valence-corrected chi connectivity index (χ4v) is 5.03. The highest BCUT2D eigenvalue weighted by atomic mass is 19.4. The third kappa shape index (κ3) is 4.27. The van der Waals surface area contributed by atoms with Crippen molar-refractivity contribution in [2.24, 2.45) is 5.92 Å². The first kappa shape index (κ1) is 22.5. The van der Waals surface area contributed by atoms with Crippen LogP contribution >= 0.6 is 0 Å². The Labute approximate surface area is 195 Å². The number of benzene rings is 2. The van der Waals surface area contributed by atoms with Crippen LogP contribution in [0.5, 0.6) is 0 Å². The van der Waals surface area contributed by atoms with Gasteiger partial charge in [-0.3, -0.25) is 0 Å². The number of carbonyl (C=O) groups is 1. The molecule has 1 saturated heterocycles. The molecule has 0 aliphatic carbocycles. The van der Waals surface area contributed by atoms with Crippen molar-refractivity contribution in [3.8, 4) is 11.3 Å². The summed E-state index contributed by atoms with van der Waals surface area (Å²) in [6, 6.07) is 12.3. The number of hydrogen-bond donors (Lipinski definition) is 2. The van der Waals surface area contributed by atoms with Crippen LogP contribution in [0.3, 0.4) is 0 Å². The van der Waals surface area contributed by atoms with Gasteiger partial charge in [0.25, 0.3) is 0 Å². The fraction of sp³-hybridized carbons (Fsp3) is 0.360. The number of piperidine rings is 1. The summed E-state index contributed by atoms with van der Waals surface area (Å²) in [5.74, 6) is 0.0647. The second kappa shape index (κ2) is 8.79. The molecule has 1 aromatic heterocycles. The number of nitrogens with zero attached hydrogens (tertiary/aromatic N) is 3. The number of rotatable bonds is 4. The van der Waals surface area contributed by atoms with Gasteiger partial charge in [-0.25, -0.2) is 9.78 Å². The number of aromatic nitrogens is 2. The normalized spacial score (nSPS) is 18.9. The molecule has 178 valence electrons. The van der Waals surface area contributed by atoms with Crippen LogP contribution in [0.25, 0.3) is 11.3 Å². The van der Waals surface area contributed by atoms with Gasteiger partial charge in [-0.1, -0.05) is 24.3 Å². The Morgan fingerprint density at radius 1 is 1.12 bits per heavy atom. The highest BCUT2D eigenvalue weighted by Gasteiger charge is 2.34.